The maximum Gasteiger partial charge on any atom is 0.256 e. The summed E-state index contributed by atoms with van der Waals surface area (Å²) in [5.74, 6) is 0.868. The first-order valence-corrected chi connectivity index (χ1v) is 14.3. The number of rotatable bonds is 7. The molecule has 2 aromatic carbocycles. The van der Waals surface area contributed by atoms with Gasteiger partial charge in [0.25, 0.3) is 5.91 Å². The minimum atomic E-state index is -3.16. The predicted molar refractivity (Wildman–Crippen MR) is 152 cm³/mol. The molecule has 1 saturated heterocycles. The van der Waals surface area contributed by atoms with Crippen molar-refractivity contribution < 1.29 is 22.7 Å². The summed E-state index contributed by atoms with van der Waals surface area (Å²) in [6.45, 7) is 1.81. The van der Waals surface area contributed by atoms with Crippen LogP contribution in [0.5, 0.6) is 11.5 Å². The number of hydrogen-bond acceptors (Lipinski definition) is 8. The van der Waals surface area contributed by atoms with Crippen molar-refractivity contribution in [3.63, 3.8) is 0 Å². The second-order valence-corrected chi connectivity index (χ2v) is 12.0. The fraction of sp³-hybridized carbons (Fsp3) is 0.321. The summed E-state index contributed by atoms with van der Waals surface area (Å²) in [7, 11) is 3.86. The van der Waals surface area contributed by atoms with E-state index in [0.29, 0.717) is 57.2 Å². The number of pyridine rings is 1. The molecule has 0 saturated carbocycles. The molecule has 0 aliphatic carbocycles. The molecule has 0 radical (unpaired) electrons. The van der Waals surface area contributed by atoms with Crippen LogP contribution in [0.3, 0.4) is 0 Å². The van der Waals surface area contributed by atoms with E-state index in [9.17, 15) is 13.2 Å². The summed E-state index contributed by atoms with van der Waals surface area (Å²) in [6, 6.07) is 14.3. The van der Waals surface area contributed by atoms with E-state index in [-0.39, 0.29) is 23.5 Å². The van der Waals surface area contributed by atoms with Crippen LogP contribution in [0.25, 0.3) is 22.3 Å². The lowest BCUT2D eigenvalue weighted by atomic mass is 10.0. The molecular weight excluding hydrogens is 518 g/mol. The molecule has 11 heteroatoms. The number of ether oxygens (including phenoxy) is 2. The number of nitrogens with one attached hydrogen (secondary N) is 1. The van der Waals surface area contributed by atoms with Crippen LogP contribution >= 0.6 is 0 Å². The quantitative estimate of drug-likeness (QED) is 0.366. The zero-order chi connectivity index (χ0) is 27.9. The maximum absolute atomic E-state index is 13.7. The van der Waals surface area contributed by atoms with Gasteiger partial charge in [-0.2, -0.15) is 5.10 Å². The lowest BCUT2D eigenvalue weighted by Crippen LogP contribution is -2.15. The SMILES string of the molecule is COc1ccc(-c2cc(C(=O)Nc3ccc(N(C)C)cc3)c3c(C)nn(C4CCS(=O)(=O)C4)c3n2)cc1OC. The van der Waals surface area contributed by atoms with Gasteiger partial charge in [-0.25, -0.2) is 18.1 Å². The van der Waals surface area contributed by atoms with Crippen LogP contribution in [0.4, 0.5) is 11.4 Å². The maximum atomic E-state index is 13.7. The van der Waals surface area contributed by atoms with Gasteiger partial charge in [0, 0.05) is 31.0 Å². The number of benzene rings is 2. The Hall–Kier alpha value is -4.12. The smallest absolute Gasteiger partial charge is 0.256 e. The molecular formula is C28H31N5O5S. The number of carbonyl (C=O) groups excluding carboxylic acids is 1. The summed E-state index contributed by atoms with van der Waals surface area (Å²) in [5.41, 5.74) is 4.37. The zero-order valence-electron chi connectivity index (χ0n) is 22.6. The van der Waals surface area contributed by atoms with Crippen molar-refractivity contribution in [1.82, 2.24) is 14.8 Å². The van der Waals surface area contributed by atoms with Gasteiger partial charge in [-0.15, -0.1) is 0 Å². The third kappa shape index (κ3) is 5.14. The Balaban J connectivity index is 1.65. The number of anilines is 2. The number of aromatic nitrogens is 3. The number of fused-ring (bicyclic) bond motifs is 1. The van der Waals surface area contributed by atoms with Crippen LogP contribution in [-0.2, 0) is 9.84 Å². The van der Waals surface area contributed by atoms with Gasteiger partial charge in [-0.1, -0.05) is 0 Å². The van der Waals surface area contributed by atoms with Crippen LogP contribution in [0, 0.1) is 6.92 Å². The second-order valence-electron chi connectivity index (χ2n) is 9.81. The Kier molecular flexibility index (Phi) is 6.94. The first-order valence-electron chi connectivity index (χ1n) is 12.5. The van der Waals surface area contributed by atoms with Crippen LogP contribution in [0.2, 0.25) is 0 Å². The second kappa shape index (κ2) is 10.2. The molecule has 0 spiro atoms. The molecule has 1 aliphatic rings. The summed E-state index contributed by atoms with van der Waals surface area (Å²) in [5, 5.41) is 8.25. The summed E-state index contributed by atoms with van der Waals surface area (Å²) >= 11 is 0. The molecule has 1 N–H and O–H groups in total. The normalized spacial score (nSPS) is 16.3. The lowest BCUT2D eigenvalue weighted by Gasteiger charge is -2.14. The minimum Gasteiger partial charge on any atom is -0.493 e. The van der Waals surface area contributed by atoms with Gasteiger partial charge in [0.05, 0.1) is 54.1 Å². The van der Waals surface area contributed by atoms with Crippen molar-refractivity contribution >= 4 is 38.2 Å². The number of carbonyl (C=O) groups is 1. The van der Waals surface area contributed by atoms with E-state index in [4.69, 9.17) is 14.5 Å². The molecule has 3 heterocycles. The third-order valence-electron chi connectivity index (χ3n) is 6.96. The molecule has 5 rings (SSSR count). The Labute approximate surface area is 227 Å². The summed E-state index contributed by atoms with van der Waals surface area (Å²) in [4.78, 5) is 20.6. The Morgan fingerprint density at radius 2 is 1.77 bits per heavy atom. The molecule has 10 nitrogen and oxygen atoms in total. The largest absolute Gasteiger partial charge is 0.493 e. The van der Waals surface area contributed by atoms with E-state index >= 15 is 0 Å². The van der Waals surface area contributed by atoms with Gasteiger partial charge >= 0.3 is 0 Å². The summed E-state index contributed by atoms with van der Waals surface area (Å²) < 4.78 is 37.1. The average Bonchev–Trinajstić information content (AvgIpc) is 3.46. The molecule has 4 aromatic rings. The van der Waals surface area contributed by atoms with Crippen LogP contribution < -0.4 is 19.7 Å². The van der Waals surface area contributed by atoms with Gasteiger partial charge < -0.3 is 19.7 Å². The molecule has 1 unspecified atom stereocenters. The highest BCUT2D eigenvalue weighted by molar-refractivity contribution is 7.91. The Bertz CT molecular complexity index is 1660. The third-order valence-corrected chi connectivity index (χ3v) is 8.71. The molecule has 2 aromatic heterocycles. The van der Waals surface area contributed by atoms with Crippen LogP contribution in [-0.4, -0.2) is 68.9 Å². The minimum absolute atomic E-state index is 0.00869. The van der Waals surface area contributed by atoms with E-state index < -0.39 is 9.84 Å². The number of methoxy groups -OCH3 is 2. The fourth-order valence-corrected chi connectivity index (χ4v) is 6.59. The standard InChI is InChI=1S/C28H31N5O5S/c1-17-26-22(28(34)29-19-7-9-20(10-8-19)32(2)3)15-23(18-6-11-24(37-4)25(14-18)38-5)30-27(26)33(31-17)21-12-13-39(35,36)16-21/h6-11,14-15,21H,12-13,16H2,1-5H3,(H,29,34). The molecule has 204 valence electrons. The van der Waals surface area contributed by atoms with Crippen molar-refractivity contribution in [3.8, 4) is 22.8 Å². The number of nitrogens with zero attached hydrogens (tertiary/aromatic N) is 4. The van der Waals surface area contributed by atoms with Crippen molar-refractivity contribution in [2.45, 2.75) is 19.4 Å². The van der Waals surface area contributed by atoms with Crippen LogP contribution in [0.1, 0.15) is 28.5 Å². The topological polar surface area (TPSA) is 116 Å². The Morgan fingerprint density at radius 1 is 1.05 bits per heavy atom. The van der Waals surface area contributed by atoms with Gasteiger partial charge in [-0.05, 0) is 61.9 Å². The highest BCUT2D eigenvalue weighted by atomic mass is 32.2. The van der Waals surface area contributed by atoms with E-state index in [1.54, 1.807) is 37.1 Å². The monoisotopic (exact) mass is 549 g/mol. The van der Waals surface area contributed by atoms with Gasteiger partial charge in [0.15, 0.2) is 27.0 Å². The zero-order valence-corrected chi connectivity index (χ0v) is 23.4. The molecule has 39 heavy (non-hydrogen) atoms. The molecule has 1 amide bonds. The fourth-order valence-electron chi connectivity index (χ4n) is 4.90. The average molecular weight is 550 g/mol. The van der Waals surface area contributed by atoms with Crippen molar-refractivity contribution in [3.05, 3.63) is 59.8 Å². The number of amides is 1. The molecule has 1 atom stereocenters. The Morgan fingerprint density at radius 3 is 2.38 bits per heavy atom. The van der Waals surface area contributed by atoms with Gasteiger partial charge in [-0.3, -0.25) is 4.79 Å². The highest BCUT2D eigenvalue weighted by Gasteiger charge is 2.32. The number of aryl methyl sites for hydroxylation is 1. The first-order chi connectivity index (χ1) is 18.6. The summed E-state index contributed by atoms with van der Waals surface area (Å²) in [6.07, 6.45) is 0.445. The molecule has 1 aliphatic heterocycles. The molecule has 0 bridgehead atoms. The number of hydrogen-bond donors (Lipinski definition) is 1. The van der Waals surface area contributed by atoms with E-state index in [1.807, 2.05) is 56.3 Å². The van der Waals surface area contributed by atoms with Crippen LogP contribution in [0.15, 0.2) is 48.5 Å². The van der Waals surface area contributed by atoms with Crippen molar-refractivity contribution in [2.24, 2.45) is 0 Å². The highest BCUT2D eigenvalue weighted by Crippen LogP contribution is 2.35. The lowest BCUT2D eigenvalue weighted by molar-refractivity contribution is 0.102. The van der Waals surface area contributed by atoms with E-state index in [0.717, 1.165) is 5.69 Å². The van der Waals surface area contributed by atoms with Gasteiger partial charge in [0.2, 0.25) is 0 Å². The number of sulfone groups is 1. The first kappa shape index (κ1) is 26.5. The van der Waals surface area contributed by atoms with E-state index in [1.165, 1.54) is 0 Å². The van der Waals surface area contributed by atoms with E-state index in [2.05, 4.69) is 10.4 Å². The predicted octanol–water partition coefficient (Wildman–Crippen LogP) is 4.10. The van der Waals surface area contributed by atoms with Crippen molar-refractivity contribution in [1.29, 1.82) is 0 Å². The van der Waals surface area contributed by atoms with Crippen molar-refractivity contribution in [2.75, 3.05) is 50.0 Å². The molecule has 1 fully saturated rings. The van der Waals surface area contributed by atoms with Gasteiger partial charge in [0.1, 0.15) is 0 Å².